The topological polar surface area (TPSA) is 75.3 Å². The van der Waals surface area contributed by atoms with Crippen LogP contribution in [0, 0.1) is 5.82 Å². The van der Waals surface area contributed by atoms with Gasteiger partial charge in [0.2, 0.25) is 15.9 Å². The van der Waals surface area contributed by atoms with Gasteiger partial charge in [-0.3, -0.25) is 4.79 Å². The van der Waals surface area contributed by atoms with Crippen LogP contribution in [0.15, 0.2) is 77.7 Å². The van der Waals surface area contributed by atoms with E-state index in [9.17, 15) is 17.6 Å². The van der Waals surface area contributed by atoms with Gasteiger partial charge in [0.15, 0.2) is 0 Å². The van der Waals surface area contributed by atoms with Gasteiger partial charge in [-0.2, -0.15) is 4.72 Å². The van der Waals surface area contributed by atoms with Crippen molar-refractivity contribution in [1.29, 1.82) is 0 Å². The SMILES string of the molecule is O=C(Nc1ccc(Cl)cc1Cl)[C@H](Cc1ccccc1)NS(=O)(=O)c1ccc(F)cc1. The van der Waals surface area contributed by atoms with Crippen molar-refractivity contribution < 1.29 is 17.6 Å². The summed E-state index contributed by atoms with van der Waals surface area (Å²) in [6.45, 7) is 0. The summed E-state index contributed by atoms with van der Waals surface area (Å²) in [5.74, 6) is -1.17. The second-order valence-electron chi connectivity index (χ2n) is 6.43. The first-order valence-electron chi connectivity index (χ1n) is 8.82. The third-order valence-electron chi connectivity index (χ3n) is 4.21. The van der Waals surface area contributed by atoms with Crippen LogP contribution in [0.25, 0.3) is 0 Å². The van der Waals surface area contributed by atoms with E-state index < -0.39 is 27.8 Å². The Labute approximate surface area is 183 Å². The Morgan fingerprint density at radius 2 is 1.63 bits per heavy atom. The maximum absolute atomic E-state index is 13.2. The van der Waals surface area contributed by atoms with Gasteiger partial charge in [-0.25, -0.2) is 12.8 Å². The lowest BCUT2D eigenvalue weighted by Gasteiger charge is -2.19. The molecule has 3 rings (SSSR count). The van der Waals surface area contributed by atoms with E-state index >= 15 is 0 Å². The first-order chi connectivity index (χ1) is 14.2. The number of halogens is 3. The molecule has 0 heterocycles. The molecule has 0 unspecified atom stereocenters. The maximum atomic E-state index is 13.2. The first kappa shape index (κ1) is 22.2. The van der Waals surface area contributed by atoms with E-state index in [0.29, 0.717) is 10.7 Å². The molecule has 0 fully saturated rings. The van der Waals surface area contributed by atoms with Gasteiger partial charge in [-0.05, 0) is 54.4 Å². The fourth-order valence-electron chi connectivity index (χ4n) is 2.72. The van der Waals surface area contributed by atoms with Crippen LogP contribution in [0.4, 0.5) is 10.1 Å². The Bertz CT molecular complexity index is 1140. The summed E-state index contributed by atoms with van der Waals surface area (Å²) in [4.78, 5) is 12.8. The van der Waals surface area contributed by atoms with Crippen molar-refractivity contribution in [2.24, 2.45) is 0 Å². The quantitative estimate of drug-likeness (QED) is 0.531. The van der Waals surface area contributed by atoms with Crippen LogP contribution in [0.2, 0.25) is 10.0 Å². The minimum atomic E-state index is -4.08. The summed E-state index contributed by atoms with van der Waals surface area (Å²) in [6, 6.07) is 16.7. The van der Waals surface area contributed by atoms with Crippen molar-refractivity contribution in [2.45, 2.75) is 17.4 Å². The predicted octanol–water partition coefficient (Wildman–Crippen LogP) is 4.66. The third-order valence-corrected chi connectivity index (χ3v) is 6.24. The lowest BCUT2D eigenvalue weighted by molar-refractivity contribution is -0.117. The molecule has 0 aromatic heterocycles. The van der Waals surface area contributed by atoms with E-state index in [2.05, 4.69) is 10.0 Å². The van der Waals surface area contributed by atoms with Crippen LogP contribution < -0.4 is 10.0 Å². The molecule has 0 bridgehead atoms. The van der Waals surface area contributed by atoms with Gasteiger partial charge in [0.05, 0.1) is 15.6 Å². The number of rotatable bonds is 7. The molecule has 156 valence electrons. The molecule has 2 N–H and O–H groups in total. The second-order valence-corrected chi connectivity index (χ2v) is 8.99. The summed E-state index contributed by atoms with van der Waals surface area (Å²) in [6.07, 6.45) is 0.0955. The Hall–Kier alpha value is -2.45. The Balaban J connectivity index is 1.87. The molecule has 3 aromatic rings. The van der Waals surface area contributed by atoms with Crippen molar-refractivity contribution in [3.63, 3.8) is 0 Å². The summed E-state index contributed by atoms with van der Waals surface area (Å²) in [5.41, 5.74) is 1.05. The number of amides is 1. The van der Waals surface area contributed by atoms with E-state index in [1.165, 1.54) is 12.1 Å². The average Bonchev–Trinajstić information content (AvgIpc) is 2.70. The number of sulfonamides is 1. The molecular weight excluding hydrogens is 450 g/mol. The zero-order valence-corrected chi connectivity index (χ0v) is 17.8. The van der Waals surface area contributed by atoms with Gasteiger partial charge >= 0.3 is 0 Å². The molecule has 0 saturated heterocycles. The van der Waals surface area contributed by atoms with Gasteiger partial charge in [0, 0.05) is 5.02 Å². The number of benzene rings is 3. The molecule has 0 aliphatic rings. The summed E-state index contributed by atoms with van der Waals surface area (Å²) in [5, 5.41) is 3.24. The lowest BCUT2D eigenvalue weighted by Crippen LogP contribution is -2.45. The van der Waals surface area contributed by atoms with Crippen molar-refractivity contribution in [2.75, 3.05) is 5.32 Å². The van der Waals surface area contributed by atoms with Crippen molar-refractivity contribution >= 4 is 44.8 Å². The van der Waals surface area contributed by atoms with E-state index in [1.807, 2.05) is 6.07 Å². The van der Waals surface area contributed by atoms with Crippen LogP contribution in [-0.4, -0.2) is 20.4 Å². The van der Waals surface area contributed by atoms with E-state index in [-0.39, 0.29) is 16.3 Å². The highest BCUT2D eigenvalue weighted by Gasteiger charge is 2.26. The Kier molecular flexibility index (Phi) is 7.10. The lowest BCUT2D eigenvalue weighted by atomic mass is 10.1. The molecule has 0 radical (unpaired) electrons. The molecule has 1 atom stereocenters. The largest absolute Gasteiger partial charge is 0.323 e. The molecule has 5 nitrogen and oxygen atoms in total. The Morgan fingerprint density at radius 3 is 2.27 bits per heavy atom. The predicted molar refractivity (Wildman–Crippen MR) is 116 cm³/mol. The molecule has 0 aliphatic heterocycles. The van der Waals surface area contributed by atoms with Gasteiger partial charge in [0.1, 0.15) is 11.9 Å². The number of hydrogen-bond donors (Lipinski definition) is 2. The molecule has 0 aliphatic carbocycles. The maximum Gasteiger partial charge on any atom is 0.242 e. The monoisotopic (exact) mass is 466 g/mol. The van der Waals surface area contributed by atoms with Crippen LogP contribution in [0.3, 0.4) is 0 Å². The van der Waals surface area contributed by atoms with Crippen molar-refractivity contribution in [1.82, 2.24) is 4.72 Å². The summed E-state index contributed by atoms with van der Waals surface area (Å²) < 4.78 is 41.1. The normalized spacial score (nSPS) is 12.4. The second kappa shape index (κ2) is 9.57. The van der Waals surface area contributed by atoms with E-state index in [4.69, 9.17) is 23.2 Å². The number of carbonyl (C=O) groups is 1. The van der Waals surface area contributed by atoms with Gasteiger partial charge < -0.3 is 5.32 Å². The third kappa shape index (κ3) is 5.79. The van der Waals surface area contributed by atoms with Gasteiger partial charge in [-0.15, -0.1) is 0 Å². The first-order valence-corrected chi connectivity index (χ1v) is 11.1. The molecule has 0 saturated carbocycles. The molecule has 0 spiro atoms. The van der Waals surface area contributed by atoms with Crippen molar-refractivity contribution in [3.05, 3.63) is 94.2 Å². The molecule has 3 aromatic carbocycles. The number of anilines is 1. The minimum Gasteiger partial charge on any atom is -0.323 e. The van der Waals surface area contributed by atoms with Gasteiger partial charge in [-0.1, -0.05) is 53.5 Å². The molecule has 9 heteroatoms. The van der Waals surface area contributed by atoms with Crippen LogP contribution in [0.1, 0.15) is 5.56 Å². The minimum absolute atomic E-state index is 0.0955. The van der Waals surface area contributed by atoms with Crippen molar-refractivity contribution in [3.8, 4) is 0 Å². The number of nitrogens with one attached hydrogen (secondary N) is 2. The smallest absolute Gasteiger partial charge is 0.242 e. The zero-order chi connectivity index (χ0) is 21.7. The summed E-state index contributed by atoms with van der Waals surface area (Å²) in [7, 11) is -4.08. The highest BCUT2D eigenvalue weighted by Crippen LogP contribution is 2.25. The van der Waals surface area contributed by atoms with E-state index in [1.54, 1.807) is 30.3 Å². The van der Waals surface area contributed by atoms with E-state index in [0.717, 1.165) is 29.8 Å². The average molecular weight is 467 g/mol. The van der Waals surface area contributed by atoms with Gasteiger partial charge in [0.25, 0.3) is 0 Å². The molecular formula is C21H17Cl2FN2O3S. The fraction of sp³-hybridized carbons (Fsp3) is 0.0952. The Morgan fingerprint density at radius 1 is 0.967 bits per heavy atom. The highest BCUT2D eigenvalue weighted by atomic mass is 35.5. The number of carbonyl (C=O) groups excluding carboxylic acids is 1. The van der Waals surface area contributed by atoms with Crippen LogP contribution >= 0.6 is 23.2 Å². The number of hydrogen-bond acceptors (Lipinski definition) is 3. The standard InChI is InChI=1S/C21H17Cl2FN2O3S/c22-15-6-11-19(18(23)13-15)25-21(27)20(12-14-4-2-1-3-5-14)26-30(28,29)17-9-7-16(24)8-10-17/h1-11,13,20,26H,12H2,(H,25,27)/t20-/m0/s1. The van der Waals surface area contributed by atoms with Crippen LogP contribution in [-0.2, 0) is 21.2 Å². The highest BCUT2D eigenvalue weighted by molar-refractivity contribution is 7.89. The molecule has 30 heavy (non-hydrogen) atoms. The molecule has 1 amide bonds. The van der Waals surface area contributed by atoms with Crippen LogP contribution in [0.5, 0.6) is 0 Å². The summed E-state index contributed by atoms with van der Waals surface area (Å²) >= 11 is 12.0. The fourth-order valence-corrected chi connectivity index (χ4v) is 4.37. The zero-order valence-electron chi connectivity index (χ0n) is 15.5.